The summed E-state index contributed by atoms with van der Waals surface area (Å²) in [4.78, 5) is 0. The topological polar surface area (TPSA) is 57.6 Å². The number of aliphatic hydroxyl groups excluding tert-OH is 1. The first-order chi connectivity index (χ1) is 9.90. The molecule has 0 bridgehead atoms. The highest BCUT2D eigenvalue weighted by Crippen LogP contribution is 2.27. The Labute approximate surface area is 127 Å². The van der Waals surface area contributed by atoms with Crippen LogP contribution < -0.4 is 0 Å². The van der Waals surface area contributed by atoms with Crippen LogP contribution >= 0.6 is 0 Å². The Kier molecular flexibility index (Phi) is 5.41. The summed E-state index contributed by atoms with van der Waals surface area (Å²) in [6.45, 7) is 4.25. The number of nitrogens with zero attached hydrogens (tertiary/aromatic N) is 1. The maximum atomic E-state index is 12.7. The Morgan fingerprint density at radius 1 is 1.29 bits per heavy atom. The highest BCUT2D eigenvalue weighted by molar-refractivity contribution is 7.89. The fourth-order valence-corrected chi connectivity index (χ4v) is 5.16. The zero-order valence-electron chi connectivity index (χ0n) is 12.8. The summed E-state index contributed by atoms with van der Waals surface area (Å²) in [6, 6.07) is 9.70. The summed E-state index contributed by atoms with van der Waals surface area (Å²) in [6.07, 6.45) is 1.80. The molecule has 3 atom stereocenters. The summed E-state index contributed by atoms with van der Waals surface area (Å²) in [7, 11) is -3.28. The molecule has 1 heterocycles. The molecule has 0 aromatic heterocycles. The van der Waals surface area contributed by atoms with Crippen LogP contribution in [0, 0.1) is 0 Å². The lowest BCUT2D eigenvalue weighted by Crippen LogP contribution is -2.39. The van der Waals surface area contributed by atoms with Crippen molar-refractivity contribution in [3.63, 3.8) is 0 Å². The van der Waals surface area contributed by atoms with Crippen LogP contribution in [0.15, 0.2) is 30.3 Å². The number of rotatable bonds is 6. The van der Waals surface area contributed by atoms with Crippen LogP contribution in [-0.2, 0) is 10.0 Å². The Hall–Kier alpha value is -0.910. The van der Waals surface area contributed by atoms with Crippen LogP contribution in [0.2, 0.25) is 0 Å². The molecule has 3 unspecified atom stereocenters. The Balaban J connectivity index is 2.07. The molecule has 0 amide bonds. The van der Waals surface area contributed by atoms with Crippen molar-refractivity contribution >= 4 is 10.0 Å². The molecule has 0 aliphatic carbocycles. The molecule has 1 fully saturated rings. The molecule has 1 aliphatic heterocycles. The van der Waals surface area contributed by atoms with E-state index >= 15 is 0 Å². The van der Waals surface area contributed by atoms with Crippen molar-refractivity contribution in [3.8, 4) is 0 Å². The Morgan fingerprint density at radius 2 is 1.95 bits per heavy atom. The molecule has 0 saturated carbocycles. The highest BCUT2D eigenvalue weighted by atomic mass is 32.2. The van der Waals surface area contributed by atoms with Crippen LogP contribution in [0.1, 0.15) is 44.6 Å². The first-order valence-corrected chi connectivity index (χ1v) is 9.23. The fraction of sp³-hybridized carbons (Fsp3) is 0.625. The molecular formula is C16H25NO3S. The summed E-state index contributed by atoms with van der Waals surface area (Å²) in [5.74, 6) is 0.108. The van der Waals surface area contributed by atoms with E-state index in [1.165, 1.54) is 0 Å². The molecule has 1 saturated heterocycles. The van der Waals surface area contributed by atoms with Gasteiger partial charge in [-0.1, -0.05) is 37.3 Å². The van der Waals surface area contributed by atoms with Gasteiger partial charge in [0, 0.05) is 12.6 Å². The summed E-state index contributed by atoms with van der Waals surface area (Å²) < 4.78 is 26.9. The third kappa shape index (κ3) is 4.28. The van der Waals surface area contributed by atoms with Gasteiger partial charge < -0.3 is 5.11 Å². The lowest BCUT2D eigenvalue weighted by Gasteiger charge is -2.26. The lowest BCUT2D eigenvalue weighted by atomic mass is 10.0. The van der Waals surface area contributed by atoms with Crippen LogP contribution in [0.3, 0.4) is 0 Å². The van der Waals surface area contributed by atoms with Crippen LogP contribution in [0.5, 0.6) is 0 Å². The van der Waals surface area contributed by atoms with E-state index in [0.717, 1.165) is 18.4 Å². The van der Waals surface area contributed by atoms with E-state index in [1.807, 2.05) is 37.3 Å². The second-order valence-electron chi connectivity index (χ2n) is 6.08. The van der Waals surface area contributed by atoms with E-state index in [4.69, 9.17) is 0 Å². The molecule has 1 N–H and O–H groups in total. The van der Waals surface area contributed by atoms with Crippen LogP contribution in [0.25, 0.3) is 0 Å². The number of benzene rings is 1. The summed E-state index contributed by atoms with van der Waals surface area (Å²) in [5.41, 5.74) is 1.05. The molecule has 1 aliphatic rings. The second kappa shape index (κ2) is 6.90. The van der Waals surface area contributed by atoms with Crippen LogP contribution in [0.4, 0.5) is 0 Å². The van der Waals surface area contributed by atoms with Gasteiger partial charge in [-0.05, 0) is 37.7 Å². The van der Waals surface area contributed by atoms with E-state index in [9.17, 15) is 13.5 Å². The third-order valence-corrected chi connectivity index (χ3v) is 6.24. The maximum absolute atomic E-state index is 12.7. The normalized spacial score (nSPS) is 23.1. The molecule has 21 heavy (non-hydrogen) atoms. The highest BCUT2D eigenvalue weighted by Gasteiger charge is 2.35. The molecule has 0 radical (unpaired) electrons. The maximum Gasteiger partial charge on any atom is 0.214 e. The van der Waals surface area contributed by atoms with Gasteiger partial charge in [-0.25, -0.2) is 8.42 Å². The average Bonchev–Trinajstić information content (AvgIpc) is 2.87. The molecule has 1 aromatic rings. The van der Waals surface area contributed by atoms with Crippen molar-refractivity contribution < 1.29 is 13.5 Å². The zero-order valence-corrected chi connectivity index (χ0v) is 13.6. The van der Waals surface area contributed by atoms with Gasteiger partial charge in [-0.2, -0.15) is 4.31 Å². The molecule has 2 rings (SSSR count). The molecular weight excluding hydrogens is 286 g/mol. The first-order valence-electron chi connectivity index (χ1n) is 7.62. The van der Waals surface area contributed by atoms with Crippen molar-refractivity contribution in [2.75, 3.05) is 12.3 Å². The Bertz CT molecular complexity index is 542. The third-order valence-electron chi connectivity index (χ3n) is 4.12. The fourth-order valence-electron chi connectivity index (χ4n) is 3.09. The van der Waals surface area contributed by atoms with E-state index in [2.05, 4.69) is 0 Å². The van der Waals surface area contributed by atoms with Gasteiger partial charge in [0.15, 0.2) is 0 Å². The van der Waals surface area contributed by atoms with Crippen molar-refractivity contribution in [2.45, 2.75) is 51.2 Å². The van der Waals surface area contributed by atoms with E-state index < -0.39 is 16.1 Å². The van der Waals surface area contributed by atoms with Gasteiger partial charge in [0.05, 0.1) is 11.9 Å². The average molecular weight is 311 g/mol. The minimum Gasteiger partial charge on any atom is -0.393 e. The van der Waals surface area contributed by atoms with E-state index in [0.29, 0.717) is 13.0 Å². The van der Waals surface area contributed by atoms with Gasteiger partial charge >= 0.3 is 0 Å². The van der Waals surface area contributed by atoms with Gasteiger partial charge in [-0.3, -0.25) is 0 Å². The summed E-state index contributed by atoms with van der Waals surface area (Å²) >= 11 is 0. The number of hydrogen-bond acceptors (Lipinski definition) is 3. The van der Waals surface area contributed by atoms with E-state index in [1.54, 1.807) is 11.2 Å². The molecule has 5 heteroatoms. The monoisotopic (exact) mass is 311 g/mol. The first kappa shape index (κ1) is 16.5. The number of sulfonamides is 1. The van der Waals surface area contributed by atoms with Crippen LogP contribution in [-0.4, -0.2) is 42.3 Å². The van der Waals surface area contributed by atoms with Gasteiger partial charge in [0.2, 0.25) is 10.0 Å². The molecule has 0 spiro atoms. The molecule has 4 nitrogen and oxygen atoms in total. The van der Waals surface area contributed by atoms with Gasteiger partial charge in [0.25, 0.3) is 0 Å². The minimum absolute atomic E-state index is 0.0241. The molecule has 1 aromatic carbocycles. The van der Waals surface area contributed by atoms with Crippen molar-refractivity contribution in [3.05, 3.63) is 35.9 Å². The quantitative estimate of drug-likeness (QED) is 0.877. The predicted molar refractivity (Wildman–Crippen MR) is 84.7 cm³/mol. The standard InChI is InChI=1S/C16H25NO3S/c1-13(15-7-4-3-5-8-15)12-21(19,20)17-10-6-9-16(17)11-14(2)18/h3-5,7-8,13-14,16,18H,6,9-12H2,1-2H3. The van der Waals surface area contributed by atoms with Gasteiger partial charge in [0.1, 0.15) is 0 Å². The van der Waals surface area contributed by atoms with Crippen molar-refractivity contribution in [1.82, 2.24) is 4.31 Å². The van der Waals surface area contributed by atoms with Gasteiger partial charge in [-0.15, -0.1) is 0 Å². The lowest BCUT2D eigenvalue weighted by molar-refractivity contribution is 0.158. The SMILES string of the molecule is CC(O)CC1CCCN1S(=O)(=O)CC(C)c1ccccc1. The van der Waals surface area contributed by atoms with Crippen molar-refractivity contribution in [1.29, 1.82) is 0 Å². The smallest absolute Gasteiger partial charge is 0.214 e. The second-order valence-corrected chi connectivity index (χ2v) is 8.05. The Morgan fingerprint density at radius 3 is 2.57 bits per heavy atom. The zero-order chi connectivity index (χ0) is 15.5. The largest absolute Gasteiger partial charge is 0.393 e. The number of hydrogen-bond donors (Lipinski definition) is 1. The van der Waals surface area contributed by atoms with Crippen molar-refractivity contribution in [2.24, 2.45) is 0 Å². The minimum atomic E-state index is -3.28. The molecule has 118 valence electrons. The summed E-state index contributed by atoms with van der Waals surface area (Å²) in [5, 5.41) is 9.53. The predicted octanol–water partition coefficient (Wildman–Crippen LogP) is 2.36. The number of aliphatic hydroxyl groups is 1. The van der Waals surface area contributed by atoms with E-state index in [-0.39, 0.29) is 17.7 Å².